The quantitative estimate of drug-likeness (QED) is 0.784. The molecule has 0 aromatic carbocycles. The number of likely N-dealkylation sites (tertiary alicyclic amines) is 1. The molecule has 0 aromatic rings. The van der Waals surface area contributed by atoms with Gasteiger partial charge in [-0.25, -0.2) is 4.79 Å². The van der Waals surface area contributed by atoms with E-state index in [1.807, 2.05) is 4.90 Å². The van der Waals surface area contributed by atoms with Crippen molar-refractivity contribution in [3.63, 3.8) is 0 Å². The highest BCUT2D eigenvalue weighted by Crippen LogP contribution is 2.45. The Morgan fingerprint density at radius 3 is 2.59 bits per heavy atom. The molecule has 2 amide bonds. The summed E-state index contributed by atoms with van der Waals surface area (Å²) in [6.07, 6.45) is 6.16. The van der Waals surface area contributed by atoms with Crippen LogP contribution in [0.2, 0.25) is 0 Å². The third-order valence-corrected chi connectivity index (χ3v) is 4.00. The SMILES string of the molecule is O=C(O)CCNC(=O)N1CCC2(CCCC2)C1. The number of amides is 2. The van der Waals surface area contributed by atoms with Crippen molar-refractivity contribution in [1.82, 2.24) is 10.2 Å². The van der Waals surface area contributed by atoms with Crippen molar-refractivity contribution >= 4 is 12.0 Å². The van der Waals surface area contributed by atoms with Crippen LogP contribution >= 0.6 is 0 Å². The van der Waals surface area contributed by atoms with Crippen molar-refractivity contribution in [3.05, 3.63) is 0 Å². The van der Waals surface area contributed by atoms with E-state index >= 15 is 0 Å². The number of carboxylic acid groups (broad SMARTS) is 1. The average Bonchev–Trinajstić information content (AvgIpc) is 2.89. The predicted molar refractivity (Wildman–Crippen MR) is 62.7 cm³/mol. The van der Waals surface area contributed by atoms with Gasteiger partial charge in [0.25, 0.3) is 0 Å². The lowest BCUT2D eigenvalue weighted by Crippen LogP contribution is -2.40. The van der Waals surface area contributed by atoms with Crippen molar-refractivity contribution in [2.75, 3.05) is 19.6 Å². The number of nitrogens with one attached hydrogen (secondary N) is 1. The largest absolute Gasteiger partial charge is 0.481 e. The van der Waals surface area contributed by atoms with E-state index in [1.54, 1.807) is 0 Å². The van der Waals surface area contributed by atoms with Crippen molar-refractivity contribution in [1.29, 1.82) is 0 Å². The van der Waals surface area contributed by atoms with Crippen molar-refractivity contribution in [2.24, 2.45) is 5.41 Å². The zero-order valence-electron chi connectivity index (χ0n) is 10.1. The molecule has 1 saturated heterocycles. The van der Waals surface area contributed by atoms with Gasteiger partial charge in [-0.05, 0) is 24.7 Å². The summed E-state index contributed by atoms with van der Waals surface area (Å²) >= 11 is 0. The second-order valence-electron chi connectivity index (χ2n) is 5.25. The van der Waals surface area contributed by atoms with Gasteiger partial charge in [0.2, 0.25) is 0 Å². The molecule has 1 saturated carbocycles. The van der Waals surface area contributed by atoms with Crippen LogP contribution < -0.4 is 5.32 Å². The predicted octanol–water partition coefficient (Wildman–Crippen LogP) is 1.44. The molecule has 2 aliphatic rings. The highest BCUT2D eigenvalue weighted by Gasteiger charge is 2.41. The number of hydrogen-bond acceptors (Lipinski definition) is 2. The highest BCUT2D eigenvalue weighted by molar-refractivity contribution is 5.75. The van der Waals surface area contributed by atoms with E-state index in [-0.39, 0.29) is 19.0 Å². The minimum absolute atomic E-state index is 0.00920. The molecule has 5 nitrogen and oxygen atoms in total. The van der Waals surface area contributed by atoms with Gasteiger partial charge in [-0.15, -0.1) is 0 Å². The molecule has 2 fully saturated rings. The maximum absolute atomic E-state index is 11.8. The minimum atomic E-state index is -0.876. The first-order valence-corrected chi connectivity index (χ1v) is 6.36. The smallest absolute Gasteiger partial charge is 0.317 e. The molecule has 1 spiro atoms. The van der Waals surface area contributed by atoms with E-state index in [2.05, 4.69) is 5.32 Å². The molecule has 0 bridgehead atoms. The zero-order valence-corrected chi connectivity index (χ0v) is 10.1. The van der Waals surface area contributed by atoms with E-state index in [0.29, 0.717) is 5.41 Å². The Bertz CT molecular complexity index is 311. The monoisotopic (exact) mass is 240 g/mol. The van der Waals surface area contributed by atoms with Crippen LogP contribution in [0.1, 0.15) is 38.5 Å². The van der Waals surface area contributed by atoms with Crippen LogP contribution in [-0.4, -0.2) is 41.6 Å². The molecule has 17 heavy (non-hydrogen) atoms. The first kappa shape index (κ1) is 12.2. The Labute approximate surface area is 101 Å². The molecule has 0 atom stereocenters. The molecular weight excluding hydrogens is 220 g/mol. The Morgan fingerprint density at radius 2 is 1.94 bits per heavy atom. The number of rotatable bonds is 3. The van der Waals surface area contributed by atoms with Crippen molar-refractivity contribution in [2.45, 2.75) is 38.5 Å². The van der Waals surface area contributed by atoms with Gasteiger partial charge < -0.3 is 15.3 Å². The third-order valence-electron chi connectivity index (χ3n) is 4.00. The number of nitrogens with zero attached hydrogens (tertiary/aromatic N) is 1. The highest BCUT2D eigenvalue weighted by atomic mass is 16.4. The summed E-state index contributed by atoms with van der Waals surface area (Å²) in [4.78, 5) is 24.0. The fourth-order valence-corrected chi connectivity index (χ4v) is 3.03. The van der Waals surface area contributed by atoms with Crippen LogP contribution in [0.25, 0.3) is 0 Å². The number of urea groups is 1. The molecule has 0 aromatic heterocycles. The first-order chi connectivity index (χ1) is 8.11. The number of carbonyl (C=O) groups excluding carboxylic acids is 1. The van der Waals surface area contributed by atoms with Crippen LogP contribution in [0, 0.1) is 5.41 Å². The van der Waals surface area contributed by atoms with E-state index < -0.39 is 5.97 Å². The molecule has 2 rings (SSSR count). The van der Waals surface area contributed by atoms with Gasteiger partial charge in [0.15, 0.2) is 0 Å². The fourth-order valence-electron chi connectivity index (χ4n) is 3.03. The molecule has 1 aliphatic carbocycles. The summed E-state index contributed by atoms with van der Waals surface area (Å²) in [5.41, 5.74) is 0.379. The molecule has 5 heteroatoms. The number of carboxylic acids is 1. The Hall–Kier alpha value is -1.26. The van der Waals surface area contributed by atoms with Gasteiger partial charge in [0, 0.05) is 19.6 Å². The van der Waals surface area contributed by atoms with Crippen molar-refractivity contribution < 1.29 is 14.7 Å². The Kier molecular flexibility index (Phi) is 3.54. The fraction of sp³-hybridized carbons (Fsp3) is 0.833. The lowest BCUT2D eigenvalue weighted by molar-refractivity contribution is -0.136. The molecule has 96 valence electrons. The Morgan fingerprint density at radius 1 is 1.24 bits per heavy atom. The summed E-state index contributed by atoms with van der Waals surface area (Å²) in [7, 11) is 0. The molecular formula is C12H20N2O3. The third kappa shape index (κ3) is 2.90. The summed E-state index contributed by atoms with van der Waals surface area (Å²) in [6.45, 7) is 1.89. The van der Waals surface area contributed by atoms with Gasteiger partial charge in [0.1, 0.15) is 0 Å². The molecule has 1 aliphatic heterocycles. The number of aliphatic carboxylic acids is 1. The second-order valence-corrected chi connectivity index (χ2v) is 5.25. The molecule has 0 radical (unpaired) electrons. The summed E-state index contributed by atoms with van der Waals surface area (Å²) in [6, 6.07) is -0.102. The van der Waals surface area contributed by atoms with Gasteiger partial charge in [-0.2, -0.15) is 0 Å². The average molecular weight is 240 g/mol. The Balaban J connectivity index is 1.76. The lowest BCUT2D eigenvalue weighted by atomic mass is 9.86. The van der Waals surface area contributed by atoms with Crippen molar-refractivity contribution in [3.8, 4) is 0 Å². The second kappa shape index (κ2) is 4.94. The van der Waals surface area contributed by atoms with Crippen LogP contribution in [0.4, 0.5) is 4.79 Å². The maximum atomic E-state index is 11.8. The zero-order chi connectivity index (χ0) is 12.3. The maximum Gasteiger partial charge on any atom is 0.317 e. The summed E-state index contributed by atoms with van der Waals surface area (Å²) in [5.74, 6) is -0.876. The van der Waals surface area contributed by atoms with E-state index in [0.717, 1.165) is 19.5 Å². The van der Waals surface area contributed by atoms with Gasteiger partial charge in [-0.3, -0.25) is 4.79 Å². The van der Waals surface area contributed by atoms with Crippen LogP contribution in [0.5, 0.6) is 0 Å². The van der Waals surface area contributed by atoms with Crippen LogP contribution in [0.15, 0.2) is 0 Å². The molecule has 0 unspecified atom stereocenters. The van der Waals surface area contributed by atoms with E-state index in [4.69, 9.17) is 5.11 Å². The molecule has 1 heterocycles. The van der Waals surface area contributed by atoms with E-state index in [9.17, 15) is 9.59 Å². The minimum Gasteiger partial charge on any atom is -0.481 e. The van der Waals surface area contributed by atoms with Gasteiger partial charge in [-0.1, -0.05) is 12.8 Å². The van der Waals surface area contributed by atoms with Gasteiger partial charge in [0.05, 0.1) is 6.42 Å². The summed E-state index contributed by atoms with van der Waals surface area (Å²) in [5, 5.41) is 11.2. The first-order valence-electron chi connectivity index (χ1n) is 6.36. The standard InChI is InChI=1S/C12H20N2O3/c15-10(16)3-7-13-11(17)14-8-6-12(9-14)4-1-2-5-12/h1-9H2,(H,13,17)(H,15,16). The van der Waals surface area contributed by atoms with E-state index in [1.165, 1.54) is 25.7 Å². The van der Waals surface area contributed by atoms with Crippen LogP contribution in [0.3, 0.4) is 0 Å². The number of carbonyl (C=O) groups is 2. The topological polar surface area (TPSA) is 69.6 Å². The number of hydrogen-bond donors (Lipinski definition) is 2. The summed E-state index contributed by atoms with van der Waals surface area (Å²) < 4.78 is 0. The molecule has 2 N–H and O–H groups in total. The normalized spacial score (nSPS) is 22.0. The lowest BCUT2D eigenvalue weighted by Gasteiger charge is -2.23. The van der Waals surface area contributed by atoms with Crippen LogP contribution in [-0.2, 0) is 4.79 Å². The van der Waals surface area contributed by atoms with Gasteiger partial charge >= 0.3 is 12.0 Å².